The Morgan fingerprint density at radius 1 is 0.720 bits per heavy atom. The molecule has 0 amide bonds. The molecule has 2 aromatic rings. The van der Waals surface area contributed by atoms with Gasteiger partial charge in [0.05, 0.1) is 0 Å². The summed E-state index contributed by atoms with van der Waals surface area (Å²) in [6, 6.07) is 17.8. The SMILES string of the molecule is O=C(C#CC1=C(C#CC(=O)c2ccccc2)CC=C1)c1ccccc1. The molecular formula is C23H14O2. The van der Waals surface area contributed by atoms with E-state index in [1.54, 1.807) is 48.5 Å². The van der Waals surface area contributed by atoms with E-state index in [4.69, 9.17) is 0 Å². The summed E-state index contributed by atoms with van der Waals surface area (Å²) in [4.78, 5) is 24.1. The van der Waals surface area contributed by atoms with E-state index in [0.29, 0.717) is 23.1 Å². The number of hydrogen-bond donors (Lipinski definition) is 0. The van der Waals surface area contributed by atoms with E-state index in [-0.39, 0.29) is 11.6 Å². The monoisotopic (exact) mass is 322 g/mol. The van der Waals surface area contributed by atoms with Gasteiger partial charge in [-0.3, -0.25) is 9.59 Å². The first-order valence-electron chi connectivity index (χ1n) is 7.86. The number of Topliss-reactive ketones (excluding diaryl/α,β-unsaturated/α-hetero) is 2. The molecule has 0 fully saturated rings. The fraction of sp³-hybridized carbons (Fsp3) is 0.0435. The predicted octanol–water partition coefficient (Wildman–Crippen LogP) is 4.02. The summed E-state index contributed by atoms with van der Waals surface area (Å²) >= 11 is 0. The first kappa shape index (κ1) is 16.2. The van der Waals surface area contributed by atoms with Crippen LogP contribution < -0.4 is 0 Å². The second kappa shape index (κ2) is 7.77. The zero-order chi connectivity index (χ0) is 17.5. The molecule has 0 spiro atoms. The van der Waals surface area contributed by atoms with E-state index >= 15 is 0 Å². The van der Waals surface area contributed by atoms with E-state index in [1.807, 2.05) is 24.3 Å². The van der Waals surface area contributed by atoms with Gasteiger partial charge in [0.25, 0.3) is 0 Å². The van der Waals surface area contributed by atoms with Gasteiger partial charge in [-0.2, -0.15) is 0 Å². The molecule has 25 heavy (non-hydrogen) atoms. The normalized spacial score (nSPS) is 12.0. The first-order valence-corrected chi connectivity index (χ1v) is 7.86. The van der Waals surface area contributed by atoms with Crippen LogP contribution in [0.3, 0.4) is 0 Å². The first-order chi connectivity index (χ1) is 12.2. The molecule has 3 rings (SSSR count). The highest BCUT2D eigenvalue weighted by molar-refractivity contribution is 6.10. The molecule has 118 valence electrons. The molecule has 0 aliphatic heterocycles. The number of carbonyl (C=O) groups is 2. The second-order valence-corrected chi connectivity index (χ2v) is 5.39. The Morgan fingerprint density at radius 3 is 1.80 bits per heavy atom. The van der Waals surface area contributed by atoms with Gasteiger partial charge < -0.3 is 0 Å². The van der Waals surface area contributed by atoms with Crippen LogP contribution in [0, 0.1) is 23.7 Å². The van der Waals surface area contributed by atoms with Crippen LogP contribution >= 0.6 is 0 Å². The summed E-state index contributed by atoms with van der Waals surface area (Å²) in [7, 11) is 0. The van der Waals surface area contributed by atoms with Gasteiger partial charge in [0.15, 0.2) is 0 Å². The van der Waals surface area contributed by atoms with Crippen molar-refractivity contribution in [2.24, 2.45) is 0 Å². The Bertz CT molecular complexity index is 986. The molecule has 1 aliphatic rings. The van der Waals surface area contributed by atoms with Crippen molar-refractivity contribution in [2.45, 2.75) is 6.42 Å². The number of hydrogen-bond acceptors (Lipinski definition) is 2. The molecule has 0 bridgehead atoms. The molecule has 0 atom stereocenters. The summed E-state index contributed by atoms with van der Waals surface area (Å²) in [5, 5.41) is 0. The molecule has 0 saturated carbocycles. The van der Waals surface area contributed by atoms with Gasteiger partial charge in [0.2, 0.25) is 11.6 Å². The van der Waals surface area contributed by atoms with Crippen LogP contribution in [-0.4, -0.2) is 11.6 Å². The minimum atomic E-state index is -0.235. The molecular weight excluding hydrogens is 308 g/mol. The molecule has 1 aliphatic carbocycles. The lowest BCUT2D eigenvalue weighted by molar-refractivity contribution is 0.104. The average Bonchev–Trinajstić information content (AvgIpc) is 3.13. The maximum absolute atomic E-state index is 12.1. The Kier molecular flexibility index (Phi) is 5.05. The van der Waals surface area contributed by atoms with Gasteiger partial charge in [0.1, 0.15) is 0 Å². The van der Waals surface area contributed by atoms with Crippen molar-refractivity contribution in [2.75, 3.05) is 0 Å². The van der Waals surface area contributed by atoms with Crippen molar-refractivity contribution in [3.8, 4) is 23.7 Å². The Morgan fingerprint density at radius 2 is 1.24 bits per heavy atom. The highest BCUT2D eigenvalue weighted by atomic mass is 16.1. The Balaban J connectivity index is 1.79. The van der Waals surface area contributed by atoms with E-state index in [0.717, 1.165) is 5.57 Å². The van der Waals surface area contributed by atoms with Crippen LogP contribution in [-0.2, 0) is 0 Å². The lowest BCUT2D eigenvalue weighted by atomic mass is 10.1. The number of carbonyl (C=O) groups excluding carboxylic acids is 2. The standard InChI is InChI=1S/C23H14O2/c24-22(20-8-3-1-4-9-20)16-14-18-12-7-13-19(18)15-17-23(25)21-10-5-2-6-11-21/h1-12H,13H2. The number of benzene rings is 2. The highest BCUT2D eigenvalue weighted by Crippen LogP contribution is 2.17. The van der Waals surface area contributed by atoms with Crippen LogP contribution in [0.5, 0.6) is 0 Å². The maximum Gasteiger partial charge on any atom is 0.236 e. The minimum Gasteiger partial charge on any atom is -0.279 e. The molecule has 0 saturated heterocycles. The summed E-state index contributed by atoms with van der Waals surface area (Å²) < 4.78 is 0. The van der Waals surface area contributed by atoms with Crippen molar-refractivity contribution < 1.29 is 9.59 Å². The number of rotatable bonds is 2. The van der Waals surface area contributed by atoms with Gasteiger partial charge in [-0.15, -0.1) is 0 Å². The van der Waals surface area contributed by atoms with Gasteiger partial charge in [-0.1, -0.05) is 78.6 Å². The lowest BCUT2D eigenvalue weighted by Crippen LogP contribution is -1.95. The summed E-state index contributed by atoms with van der Waals surface area (Å²) in [5.41, 5.74) is 2.58. The smallest absolute Gasteiger partial charge is 0.236 e. The fourth-order valence-corrected chi connectivity index (χ4v) is 2.32. The largest absolute Gasteiger partial charge is 0.279 e. The lowest BCUT2D eigenvalue weighted by Gasteiger charge is -1.93. The van der Waals surface area contributed by atoms with Crippen molar-refractivity contribution in [3.05, 3.63) is 95.1 Å². The maximum atomic E-state index is 12.1. The molecule has 0 radical (unpaired) electrons. The van der Waals surface area contributed by atoms with E-state index in [2.05, 4.69) is 23.7 Å². The number of allylic oxidation sites excluding steroid dienone is 4. The third-order valence-corrected chi connectivity index (χ3v) is 3.64. The molecule has 2 nitrogen and oxygen atoms in total. The highest BCUT2D eigenvalue weighted by Gasteiger charge is 2.07. The van der Waals surface area contributed by atoms with Crippen LogP contribution in [0.4, 0.5) is 0 Å². The van der Waals surface area contributed by atoms with E-state index < -0.39 is 0 Å². The average molecular weight is 322 g/mol. The van der Waals surface area contributed by atoms with Gasteiger partial charge in [-0.05, 0) is 24.3 Å². The Hall–Kier alpha value is -3.62. The van der Waals surface area contributed by atoms with Crippen LogP contribution in [0.25, 0.3) is 0 Å². The van der Waals surface area contributed by atoms with Crippen LogP contribution in [0.1, 0.15) is 27.1 Å². The molecule has 0 unspecified atom stereocenters. The molecule has 2 aromatic carbocycles. The summed E-state index contributed by atoms with van der Waals surface area (Å²) in [6.07, 6.45) is 4.38. The van der Waals surface area contributed by atoms with Crippen molar-refractivity contribution in [3.63, 3.8) is 0 Å². The van der Waals surface area contributed by atoms with Crippen LogP contribution in [0.15, 0.2) is 84.0 Å². The summed E-state index contributed by atoms with van der Waals surface area (Å²) in [6.45, 7) is 0. The minimum absolute atomic E-state index is 0.229. The predicted molar refractivity (Wildman–Crippen MR) is 97.9 cm³/mol. The summed E-state index contributed by atoms with van der Waals surface area (Å²) in [5.74, 6) is 10.6. The topological polar surface area (TPSA) is 34.1 Å². The van der Waals surface area contributed by atoms with Gasteiger partial charge in [0, 0.05) is 22.3 Å². The fourth-order valence-electron chi connectivity index (χ4n) is 2.32. The van der Waals surface area contributed by atoms with Gasteiger partial charge >= 0.3 is 0 Å². The van der Waals surface area contributed by atoms with E-state index in [9.17, 15) is 9.59 Å². The van der Waals surface area contributed by atoms with Crippen molar-refractivity contribution >= 4 is 11.6 Å². The zero-order valence-electron chi connectivity index (χ0n) is 13.5. The molecule has 2 heteroatoms. The van der Waals surface area contributed by atoms with Gasteiger partial charge in [-0.25, -0.2) is 0 Å². The quantitative estimate of drug-likeness (QED) is 0.475. The van der Waals surface area contributed by atoms with Crippen LogP contribution in [0.2, 0.25) is 0 Å². The van der Waals surface area contributed by atoms with E-state index in [1.165, 1.54) is 0 Å². The molecule has 0 heterocycles. The van der Waals surface area contributed by atoms with Crippen molar-refractivity contribution in [1.29, 1.82) is 0 Å². The van der Waals surface area contributed by atoms with Crippen molar-refractivity contribution in [1.82, 2.24) is 0 Å². The second-order valence-electron chi connectivity index (χ2n) is 5.39. The number of ketones is 2. The third kappa shape index (κ3) is 4.22. The third-order valence-electron chi connectivity index (χ3n) is 3.64. The molecule has 0 N–H and O–H groups in total. The zero-order valence-corrected chi connectivity index (χ0v) is 13.5. The Labute approximate surface area is 146 Å². The molecule has 0 aromatic heterocycles.